The summed E-state index contributed by atoms with van der Waals surface area (Å²) >= 11 is 0. The Kier molecular flexibility index (Phi) is 5.27. The van der Waals surface area contributed by atoms with Gasteiger partial charge in [-0.25, -0.2) is 8.42 Å². The van der Waals surface area contributed by atoms with Gasteiger partial charge in [-0.1, -0.05) is 18.2 Å². The summed E-state index contributed by atoms with van der Waals surface area (Å²) in [5, 5.41) is 0. The van der Waals surface area contributed by atoms with E-state index in [9.17, 15) is 13.2 Å². The molecule has 0 amide bonds. The topological polar surface area (TPSA) is 76.1 Å². The number of aromatic nitrogens is 1. The van der Waals surface area contributed by atoms with Crippen molar-refractivity contribution in [2.24, 2.45) is 0 Å². The van der Waals surface area contributed by atoms with Gasteiger partial charge in [-0.3, -0.25) is 14.5 Å². The van der Waals surface area contributed by atoms with Crippen LogP contribution in [-0.4, -0.2) is 25.4 Å². The van der Waals surface area contributed by atoms with Crippen LogP contribution >= 0.6 is 0 Å². The molecule has 1 heterocycles. The van der Waals surface area contributed by atoms with Crippen molar-refractivity contribution in [2.45, 2.75) is 19.3 Å². The molecule has 0 aliphatic carbocycles. The summed E-state index contributed by atoms with van der Waals surface area (Å²) in [5.74, 6) is 0.146. The van der Waals surface area contributed by atoms with Crippen LogP contribution in [-0.2, 0) is 27.7 Å². The predicted molar refractivity (Wildman–Crippen MR) is 86.2 cm³/mol. The fourth-order valence-corrected chi connectivity index (χ4v) is 2.61. The highest BCUT2D eigenvalue weighted by Crippen LogP contribution is 2.12. The van der Waals surface area contributed by atoms with Crippen LogP contribution in [0, 0.1) is 0 Å². The molecule has 0 atom stereocenters. The van der Waals surface area contributed by atoms with E-state index >= 15 is 0 Å². The molecule has 0 saturated carbocycles. The van der Waals surface area contributed by atoms with Crippen LogP contribution in [0.15, 0.2) is 48.8 Å². The van der Waals surface area contributed by atoms with Crippen LogP contribution in [0.4, 0.5) is 5.69 Å². The monoisotopic (exact) mass is 318 g/mol. The minimum absolute atomic E-state index is 0.146. The lowest BCUT2D eigenvalue weighted by Gasteiger charge is -2.05. The summed E-state index contributed by atoms with van der Waals surface area (Å²) in [6.07, 6.45) is 6.06. The fourth-order valence-electron chi connectivity index (χ4n) is 2.05. The summed E-state index contributed by atoms with van der Waals surface area (Å²) < 4.78 is 24.6. The van der Waals surface area contributed by atoms with E-state index < -0.39 is 10.0 Å². The van der Waals surface area contributed by atoms with Crippen molar-refractivity contribution in [1.82, 2.24) is 4.98 Å². The first kappa shape index (κ1) is 16.2. The van der Waals surface area contributed by atoms with Crippen LogP contribution < -0.4 is 4.72 Å². The highest BCUT2D eigenvalue weighted by atomic mass is 32.2. The maximum atomic E-state index is 12.0. The van der Waals surface area contributed by atoms with E-state index in [1.54, 1.807) is 36.7 Å². The van der Waals surface area contributed by atoms with Gasteiger partial charge in [-0.2, -0.15) is 0 Å². The van der Waals surface area contributed by atoms with E-state index in [0.717, 1.165) is 17.4 Å². The molecular formula is C16H18N2O3S. The van der Waals surface area contributed by atoms with E-state index in [-0.39, 0.29) is 5.78 Å². The number of hydrogen-bond acceptors (Lipinski definition) is 4. The number of Topliss-reactive ketones (excluding diaryl/α,β-unsaturated/α-hetero) is 1. The number of benzene rings is 1. The first-order valence-electron chi connectivity index (χ1n) is 6.90. The largest absolute Gasteiger partial charge is 0.299 e. The second-order valence-corrected chi connectivity index (χ2v) is 6.90. The average molecular weight is 318 g/mol. The first-order chi connectivity index (χ1) is 10.4. The lowest BCUT2D eigenvalue weighted by Crippen LogP contribution is -2.09. The lowest BCUT2D eigenvalue weighted by molar-refractivity contribution is -0.118. The van der Waals surface area contributed by atoms with Gasteiger partial charge in [-0.05, 0) is 35.7 Å². The Hall–Kier alpha value is -2.21. The second-order valence-electron chi connectivity index (χ2n) is 5.15. The van der Waals surface area contributed by atoms with Gasteiger partial charge in [0.1, 0.15) is 5.78 Å². The number of hydrogen-bond donors (Lipinski definition) is 1. The minimum atomic E-state index is -3.28. The van der Waals surface area contributed by atoms with Crippen LogP contribution in [0.3, 0.4) is 0 Å². The average Bonchev–Trinajstić information content (AvgIpc) is 2.47. The highest BCUT2D eigenvalue weighted by Gasteiger charge is 2.06. The Morgan fingerprint density at radius 2 is 1.86 bits per heavy atom. The number of nitrogens with zero attached hydrogens (tertiary/aromatic N) is 1. The zero-order valence-electron chi connectivity index (χ0n) is 12.3. The zero-order chi connectivity index (χ0) is 16.0. The first-order valence-corrected chi connectivity index (χ1v) is 8.79. The third kappa shape index (κ3) is 5.65. The Balaban J connectivity index is 1.86. The van der Waals surface area contributed by atoms with Crippen LogP contribution in [0.2, 0.25) is 0 Å². The summed E-state index contributed by atoms with van der Waals surface area (Å²) in [4.78, 5) is 16.0. The van der Waals surface area contributed by atoms with Crippen LogP contribution in [0.25, 0.3) is 0 Å². The fraction of sp³-hybridized carbons (Fsp3) is 0.250. The quantitative estimate of drug-likeness (QED) is 0.849. The maximum Gasteiger partial charge on any atom is 0.229 e. The van der Waals surface area contributed by atoms with Gasteiger partial charge in [0, 0.05) is 30.9 Å². The summed E-state index contributed by atoms with van der Waals surface area (Å²) in [6.45, 7) is 0. The summed E-state index contributed by atoms with van der Waals surface area (Å²) in [6, 6.07) is 10.6. The molecule has 0 aliphatic rings. The van der Waals surface area contributed by atoms with Crippen molar-refractivity contribution in [3.05, 3.63) is 59.9 Å². The number of pyridine rings is 1. The maximum absolute atomic E-state index is 12.0. The standard InChI is InChI=1S/C16H18N2O3S/c1-22(20,21)18-15-7-4-13(5-8-15)11-16(19)9-6-14-3-2-10-17-12-14/h2-5,7-8,10,12,18H,6,9,11H2,1H3. The molecule has 6 heteroatoms. The summed E-state index contributed by atoms with van der Waals surface area (Å²) in [5.41, 5.74) is 2.41. The van der Waals surface area contributed by atoms with Crippen LogP contribution in [0.1, 0.15) is 17.5 Å². The Morgan fingerprint density at radius 3 is 2.45 bits per heavy atom. The summed E-state index contributed by atoms with van der Waals surface area (Å²) in [7, 11) is -3.28. The number of sulfonamides is 1. The molecule has 0 spiro atoms. The molecule has 0 radical (unpaired) electrons. The van der Waals surface area contributed by atoms with Gasteiger partial charge in [0.05, 0.1) is 6.26 Å². The second kappa shape index (κ2) is 7.17. The number of carbonyl (C=O) groups is 1. The smallest absolute Gasteiger partial charge is 0.229 e. The van der Waals surface area contributed by atoms with Crippen molar-refractivity contribution in [3.8, 4) is 0 Å². The van der Waals surface area contributed by atoms with Crippen molar-refractivity contribution < 1.29 is 13.2 Å². The van der Waals surface area contributed by atoms with Gasteiger partial charge in [0.25, 0.3) is 0 Å². The Labute approximate surface area is 130 Å². The molecule has 0 bridgehead atoms. The SMILES string of the molecule is CS(=O)(=O)Nc1ccc(CC(=O)CCc2cccnc2)cc1. The number of carbonyl (C=O) groups excluding carboxylic acids is 1. The van der Waals surface area contributed by atoms with Gasteiger partial charge in [0.15, 0.2) is 0 Å². The number of aryl methyl sites for hydroxylation is 1. The molecule has 1 aromatic heterocycles. The van der Waals surface area contributed by atoms with Crippen molar-refractivity contribution in [2.75, 3.05) is 11.0 Å². The van der Waals surface area contributed by atoms with Gasteiger partial charge in [0.2, 0.25) is 10.0 Å². The molecule has 2 aromatic rings. The van der Waals surface area contributed by atoms with Gasteiger partial charge < -0.3 is 0 Å². The number of anilines is 1. The molecule has 22 heavy (non-hydrogen) atoms. The predicted octanol–water partition coefficient (Wildman–Crippen LogP) is 2.20. The normalized spacial score (nSPS) is 11.1. The molecule has 1 aromatic carbocycles. The molecule has 0 unspecified atom stereocenters. The van der Waals surface area contributed by atoms with Gasteiger partial charge >= 0.3 is 0 Å². The van der Waals surface area contributed by atoms with E-state index in [1.165, 1.54) is 0 Å². The third-order valence-electron chi connectivity index (χ3n) is 3.07. The Bertz CT molecular complexity index is 726. The number of rotatable bonds is 7. The number of ketones is 1. The van der Waals surface area contributed by atoms with E-state index in [0.29, 0.717) is 24.9 Å². The molecule has 2 rings (SSSR count). The minimum Gasteiger partial charge on any atom is -0.299 e. The molecular weight excluding hydrogens is 300 g/mol. The molecule has 0 saturated heterocycles. The van der Waals surface area contributed by atoms with Crippen molar-refractivity contribution >= 4 is 21.5 Å². The molecule has 116 valence electrons. The van der Waals surface area contributed by atoms with Crippen molar-refractivity contribution in [1.29, 1.82) is 0 Å². The zero-order valence-corrected chi connectivity index (χ0v) is 13.1. The lowest BCUT2D eigenvalue weighted by atomic mass is 10.0. The highest BCUT2D eigenvalue weighted by molar-refractivity contribution is 7.92. The van der Waals surface area contributed by atoms with E-state index in [4.69, 9.17) is 0 Å². The molecule has 0 aliphatic heterocycles. The molecule has 5 nitrogen and oxygen atoms in total. The van der Waals surface area contributed by atoms with Crippen LogP contribution in [0.5, 0.6) is 0 Å². The van der Waals surface area contributed by atoms with Crippen molar-refractivity contribution in [3.63, 3.8) is 0 Å². The Morgan fingerprint density at radius 1 is 1.14 bits per heavy atom. The number of nitrogens with one attached hydrogen (secondary N) is 1. The molecule has 0 fully saturated rings. The van der Waals surface area contributed by atoms with Gasteiger partial charge in [-0.15, -0.1) is 0 Å². The third-order valence-corrected chi connectivity index (χ3v) is 3.68. The molecule has 1 N–H and O–H groups in total. The van der Waals surface area contributed by atoms with E-state index in [1.807, 2.05) is 12.1 Å². The van der Waals surface area contributed by atoms with E-state index in [2.05, 4.69) is 9.71 Å².